The molecule has 3 N–H and O–H groups in total. The summed E-state index contributed by atoms with van der Waals surface area (Å²) in [5.41, 5.74) is 0.873. The Labute approximate surface area is 192 Å². The summed E-state index contributed by atoms with van der Waals surface area (Å²) >= 11 is 7.00. The van der Waals surface area contributed by atoms with E-state index in [0.717, 1.165) is 11.3 Å². The van der Waals surface area contributed by atoms with Gasteiger partial charge in [-0.3, -0.25) is 14.5 Å². The van der Waals surface area contributed by atoms with E-state index in [1.807, 2.05) is 6.07 Å². The molecule has 0 fully saturated rings. The first-order chi connectivity index (χ1) is 15.4. The molecule has 0 aliphatic carbocycles. The van der Waals surface area contributed by atoms with Gasteiger partial charge in [-0.25, -0.2) is 13.4 Å². The van der Waals surface area contributed by atoms with E-state index in [0.29, 0.717) is 22.0 Å². The number of aromatic amines is 1. The summed E-state index contributed by atoms with van der Waals surface area (Å²) < 4.78 is 27.5. The summed E-state index contributed by atoms with van der Waals surface area (Å²) in [5.74, 6) is 0.147. The molecule has 0 bridgehead atoms. The van der Waals surface area contributed by atoms with Crippen LogP contribution in [0.5, 0.6) is 0 Å². The first kappa shape index (κ1) is 21.6. The van der Waals surface area contributed by atoms with E-state index in [4.69, 9.17) is 11.6 Å². The molecule has 4 aromatic rings. The molecule has 0 saturated carbocycles. The Morgan fingerprint density at radius 3 is 2.34 bits per heavy atom. The molecule has 0 amide bonds. The lowest BCUT2D eigenvalue weighted by Crippen LogP contribution is -2.16. The summed E-state index contributed by atoms with van der Waals surface area (Å²) in [6.45, 7) is 0. The molecule has 0 saturated heterocycles. The number of nitrogens with one attached hydrogen (secondary N) is 3. The maximum Gasteiger partial charge on any atom is 0.271 e. The summed E-state index contributed by atoms with van der Waals surface area (Å²) in [5, 5.41) is 14.7. The third kappa shape index (κ3) is 4.65. The van der Waals surface area contributed by atoms with Crippen molar-refractivity contribution >= 4 is 50.3 Å². The number of rotatable bonds is 6. The highest BCUT2D eigenvalue weighted by Gasteiger charge is 2.17. The van der Waals surface area contributed by atoms with Gasteiger partial charge in [-0.15, -0.1) is 11.3 Å². The SMILES string of the molecule is N#Cc1c(-c2ccc(NS(=O)(=O)c3cccs3)cc2)nc(Nc2ccc(Cl)cc2)[nH]c1=O. The minimum absolute atomic E-state index is 0.147. The minimum Gasteiger partial charge on any atom is -0.326 e. The number of halogens is 1. The second-order valence-corrected chi connectivity index (χ2v) is 9.79. The second-order valence-electron chi connectivity index (χ2n) is 6.50. The van der Waals surface area contributed by atoms with Crippen LogP contribution in [0.1, 0.15) is 5.56 Å². The fraction of sp³-hybridized carbons (Fsp3) is 0. The van der Waals surface area contributed by atoms with Crippen molar-refractivity contribution < 1.29 is 8.42 Å². The van der Waals surface area contributed by atoms with Gasteiger partial charge in [-0.2, -0.15) is 5.26 Å². The number of hydrogen-bond acceptors (Lipinski definition) is 7. The number of benzene rings is 2. The number of anilines is 3. The Bertz CT molecular complexity index is 1460. The van der Waals surface area contributed by atoms with Crippen molar-refractivity contribution in [1.82, 2.24) is 9.97 Å². The van der Waals surface area contributed by atoms with Gasteiger partial charge >= 0.3 is 0 Å². The van der Waals surface area contributed by atoms with Crippen molar-refractivity contribution in [3.8, 4) is 17.3 Å². The highest BCUT2D eigenvalue weighted by atomic mass is 35.5. The van der Waals surface area contributed by atoms with Crippen LogP contribution >= 0.6 is 22.9 Å². The number of nitrogens with zero attached hydrogens (tertiary/aromatic N) is 2. The Morgan fingerprint density at radius 2 is 1.72 bits per heavy atom. The lowest BCUT2D eigenvalue weighted by Gasteiger charge is -2.10. The van der Waals surface area contributed by atoms with Crippen molar-refractivity contribution in [2.45, 2.75) is 4.21 Å². The fourth-order valence-corrected chi connectivity index (χ4v) is 5.01. The quantitative estimate of drug-likeness (QED) is 0.368. The van der Waals surface area contributed by atoms with Crippen molar-refractivity contribution in [2.24, 2.45) is 0 Å². The molecule has 0 aliphatic heterocycles. The first-order valence-electron chi connectivity index (χ1n) is 9.09. The molecule has 160 valence electrons. The number of sulfonamides is 1. The molecule has 0 spiro atoms. The van der Waals surface area contributed by atoms with Gasteiger partial charge in [-0.1, -0.05) is 29.8 Å². The van der Waals surface area contributed by atoms with Gasteiger partial charge in [0, 0.05) is 22.0 Å². The van der Waals surface area contributed by atoms with Gasteiger partial charge in [0.15, 0.2) is 0 Å². The summed E-state index contributed by atoms with van der Waals surface area (Å²) in [7, 11) is -3.69. The fourth-order valence-electron chi connectivity index (χ4n) is 2.83. The molecule has 8 nitrogen and oxygen atoms in total. The second kappa shape index (κ2) is 8.84. The van der Waals surface area contributed by atoms with Crippen LogP contribution in [-0.4, -0.2) is 18.4 Å². The van der Waals surface area contributed by atoms with Gasteiger partial charge in [0.1, 0.15) is 15.8 Å². The highest BCUT2D eigenvalue weighted by molar-refractivity contribution is 7.94. The van der Waals surface area contributed by atoms with Gasteiger partial charge in [0.25, 0.3) is 15.6 Å². The number of thiophene rings is 1. The maximum absolute atomic E-state index is 12.4. The predicted molar refractivity (Wildman–Crippen MR) is 125 cm³/mol. The molecule has 2 aromatic heterocycles. The van der Waals surface area contributed by atoms with Gasteiger partial charge in [-0.05, 0) is 47.8 Å². The van der Waals surface area contributed by atoms with E-state index >= 15 is 0 Å². The molecule has 4 rings (SSSR count). The summed E-state index contributed by atoms with van der Waals surface area (Å²) in [6, 6.07) is 18.1. The van der Waals surface area contributed by atoms with Gasteiger partial charge in [0.05, 0.1) is 5.69 Å². The van der Waals surface area contributed by atoms with Crippen LogP contribution in [0, 0.1) is 11.3 Å². The average molecular weight is 484 g/mol. The smallest absolute Gasteiger partial charge is 0.271 e. The topological polar surface area (TPSA) is 128 Å². The van der Waals surface area contributed by atoms with E-state index in [-0.39, 0.29) is 21.4 Å². The highest BCUT2D eigenvalue weighted by Crippen LogP contribution is 2.25. The van der Waals surface area contributed by atoms with Crippen LogP contribution in [0.4, 0.5) is 17.3 Å². The Balaban J connectivity index is 1.65. The number of nitriles is 1. The van der Waals surface area contributed by atoms with E-state index in [1.54, 1.807) is 47.8 Å². The molecular weight excluding hydrogens is 470 g/mol. The van der Waals surface area contributed by atoms with E-state index < -0.39 is 15.6 Å². The lowest BCUT2D eigenvalue weighted by molar-refractivity contribution is 0.603. The van der Waals surface area contributed by atoms with Crippen molar-refractivity contribution in [3.63, 3.8) is 0 Å². The van der Waals surface area contributed by atoms with Crippen LogP contribution in [0.15, 0.2) is 75.0 Å². The number of H-pyrrole nitrogens is 1. The molecule has 11 heteroatoms. The van der Waals surface area contributed by atoms with Gasteiger partial charge < -0.3 is 5.32 Å². The number of hydrogen-bond donors (Lipinski definition) is 3. The third-order valence-electron chi connectivity index (χ3n) is 4.31. The average Bonchev–Trinajstić information content (AvgIpc) is 3.31. The normalized spacial score (nSPS) is 11.0. The summed E-state index contributed by atoms with van der Waals surface area (Å²) in [4.78, 5) is 19.3. The van der Waals surface area contributed by atoms with Crippen LogP contribution < -0.4 is 15.6 Å². The molecule has 0 atom stereocenters. The van der Waals surface area contributed by atoms with E-state index in [2.05, 4.69) is 20.0 Å². The van der Waals surface area contributed by atoms with E-state index in [9.17, 15) is 18.5 Å². The molecule has 2 heterocycles. The molecule has 32 heavy (non-hydrogen) atoms. The first-order valence-corrected chi connectivity index (χ1v) is 11.8. The van der Waals surface area contributed by atoms with Crippen LogP contribution in [0.2, 0.25) is 5.02 Å². The lowest BCUT2D eigenvalue weighted by atomic mass is 10.1. The maximum atomic E-state index is 12.4. The van der Waals surface area contributed by atoms with Gasteiger partial charge in [0.2, 0.25) is 5.95 Å². The molecule has 0 aliphatic rings. The van der Waals surface area contributed by atoms with E-state index in [1.165, 1.54) is 18.2 Å². The minimum atomic E-state index is -3.69. The Kier molecular flexibility index (Phi) is 5.96. The Hall–Kier alpha value is -3.65. The monoisotopic (exact) mass is 483 g/mol. The van der Waals surface area contributed by atoms with Crippen LogP contribution in [0.25, 0.3) is 11.3 Å². The largest absolute Gasteiger partial charge is 0.326 e. The Morgan fingerprint density at radius 1 is 1.03 bits per heavy atom. The zero-order chi connectivity index (χ0) is 22.7. The predicted octanol–water partition coefficient (Wildman–Crippen LogP) is 4.57. The molecule has 0 unspecified atom stereocenters. The standard InChI is InChI=1S/C21H14ClN5O3S2/c22-14-5-9-15(10-6-14)24-21-25-19(17(12-23)20(28)26-21)13-3-7-16(8-4-13)27-32(29,30)18-2-1-11-31-18/h1-11,27H,(H2,24,25,26,28). The zero-order valence-electron chi connectivity index (χ0n) is 16.2. The van der Waals surface area contributed by atoms with Crippen LogP contribution in [-0.2, 0) is 10.0 Å². The van der Waals surface area contributed by atoms with Crippen molar-refractivity contribution in [1.29, 1.82) is 5.26 Å². The molecule has 0 radical (unpaired) electrons. The molecule has 2 aromatic carbocycles. The van der Waals surface area contributed by atoms with Crippen molar-refractivity contribution in [3.05, 3.63) is 87.0 Å². The number of aromatic nitrogens is 2. The summed E-state index contributed by atoms with van der Waals surface area (Å²) in [6.07, 6.45) is 0. The molecular formula is C21H14ClN5O3S2. The van der Waals surface area contributed by atoms with Crippen LogP contribution in [0.3, 0.4) is 0 Å². The van der Waals surface area contributed by atoms with Crippen molar-refractivity contribution in [2.75, 3.05) is 10.0 Å². The third-order valence-corrected chi connectivity index (χ3v) is 7.34. The zero-order valence-corrected chi connectivity index (χ0v) is 18.6.